The summed E-state index contributed by atoms with van der Waals surface area (Å²) < 4.78 is 13.8. The van der Waals surface area contributed by atoms with Crippen molar-refractivity contribution in [3.8, 4) is 0 Å². The summed E-state index contributed by atoms with van der Waals surface area (Å²) in [7, 11) is 0. The molecule has 0 saturated carbocycles. The number of aromatic nitrogens is 1. The topological polar surface area (TPSA) is 45.1 Å². The number of nitrogens with one attached hydrogen (secondary N) is 1. The van der Waals surface area contributed by atoms with Gasteiger partial charge in [-0.25, -0.2) is 9.37 Å². The molecule has 1 atom stereocenters. The molecular formula is C9H12BrFN2O. The number of nitrogens with zero attached hydrogens (tertiary/aromatic N) is 1. The molecule has 0 aliphatic carbocycles. The van der Waals surface area contributed by atoms with E-state index in [-0.39, 0.29) is 18.5 Å². The van der Waals surface area contributed by atoms with Gasteiger partial charge in [0.15, 0.2) is 11.6 Å². The summed E-state index contributed by atoms with van der Waals surface area (Å²) >= 11 is 3.12. The molecule has 14 heavy (non-hydrogen) atoms. The monoisotopic (exact) mass is 262 g/mol. The summed E-state index contributed by atoms with van der Waals surface area (Å²) in [6.07, 6.45) is 2.09. The van der Waals surface area contributed by atoms with Crippen molar-refractivity contribution in [2.75, 3.05) is 11.9 Å². The molecule has 1 aromatic heterocycles. The van der Waals surface area contributed by atoms with E-state index in [0.29, 0.717) is 10.9 Å². The van der Waals surface area contributed by atoms with Crippen LogP contribution in [0.4, 0.5) is 10.2 Å². The molecule has 1 aromatic rings. The van der Waals surface area contributed by atoms with Gasteiger partial charge in [-0.15, -0.1) is 0 Å². The summed E-state index contributed by atoms with van der Waals surface area (Å²) in [4.78, 5) is 3.89. The van der Waals surface area contributed by atoms with E-state index < -0.39 is 5.82 Å². The van der Waals surface area contributed by atoms with E-state index in [2.05, 4.69) is 26.2 Å². The lowest BCUT2D eigenvalue weighted by Gasteiger charge is -2.13. The van der Waals surface area contributed by atoms with Crippen molar-refractivity contribution in [1.82, 2.24) is 4.98 Å². The van der Waals surface area contributed by atoms with Gasteiger partial charge in [-0.2, -0.15) is 0 Å². The van der Waals surface area contributed by atoms with Crippen LogP contribution >= 0.6 is 15.9 Å². The minimum absolute atomic E-state index is 0.00294. The first-order valence-electron chi connectivity index (χ1n) is 4.32. The third kappa shape index (κ3) is 3.23. The Morgan fingerprint density at radius 3 is 3.00 bits per heavy atom. The number of aliphatic hydroxyl groups is 1. The Kier molecular flexibility index (Phi) is 4.28. The van der Waals surface area contributed by atoms with Crippen LogP contribution in [0.1, 0.15) is 13.3 Å². The van der Waals surface area contributed by atoms with Gasteiger partial charge >= 0.3 is 0 Å². The zero-order chi connectivity index (χ0) is 10.6. The maximum atomic E-state index is 13.2. The Bertz CT molecular complexity index is 309. The van der Waals surface area contributed by atoms with E-state index in [1.165, 1.54) is 12.3 Å². The van der Waals surface area contributed by atoms with Crippen LogP contribution in [0.3, 0.4) is 0 Å². The second kappa shape index (κ2) is 5.26. The van der Waals surface area contributed by atoms with Crippen LogP contribution < -0.4 is 5.32 Å². The quantitative estimate of drug-likeness (QED) is 0.875. The molecular weight excluding hydrogens is 251 g/mol. The molecule has 1 heterocycles. The SMILES string of the molecule is C[C@H](CCO)Nc1ncc(Br)cc1F. The zero-order valence-electron chi connectivity index (χ0n) is 7.80. The number of hydrogen-bond donors (Lipinski definition) is 2. The number of aliphatic hydroxyl groups excluding tert-OH is 1. The van der Waals surface area contributed by atoms with Crippen LogP contribution in [0.2, 0.25) is 0 Å². The van der Waals surface area contributed by atoms with E-state index in [0.717, 1.165) is 0 Å². The molecule has 78 valence electrons. The molecule has 1 rings (SSSR count). The highest BCUT2D eigenvalue weighted by molar-refractivity contribution is 9.10. The van der Waals surface area contributed by atoms with Crippen molar-refractivity contribution in [1.29, 1.82) is 0 Å². The van der Waals surface area contributed by atoms with Gasteiger partial charge in [0.2, 0.25) is 0 Å². The number of rotatable bonds is 4. The summed E-state index contributed by atoms with van der Waals surface area (Å²) in [5, 5.41) is 11.5. The fourth-order valence-corrected chi connectivity index (χ4v) is 1.32. The van der Waals surface area contributed by atoms with Crippen LogP contribution in [0.25, 0.3) is 0 Å². The molecule has 3 nitrogen and oxygen atoms in total. The molecule has 0 aromatic carbocycles. The number of anilines is 1. The molecule has 5 heteroatoms. The van der Waals surface area contributed by atoms with Crippen LogP contribution in [-0.2, 0) is 0 Å². The van der Waals surface area contributed by atoms with E-state index in [4.69, 9.17) is 5.11 Å². The van der Waals surface area contributed by atoms with Gasteiger partial charge in [0, 0.05) is 23.3 Å². The second-order valence-electron chi connectivity index (χ2n) is 3.04. The van der Waals surface area contributed by atoms with Gasteiger partial charge < -0.3 is 10.4 Å². The Balaban J connectivity index is 2.67. The van der Waals surface area contributed by atoms with Gasteiger partial charge in [-0.05, 0) is 35.3 Å². The minimum Gasteiger partial charge on any atom is -0.396 e. The number of pyridine rings is 1. The van der Waals surface area contributed by atoms with E-state index >= 15 is 0 Å². The van der Waals surface area contributed by atoms with Crippen molar-refractivity contribution in [2.45, 2.75) is 19.4 Å². The normalized spacial score (nSPS) is 12.6. The van der Waals surface area contributed by atoms with Gasteiger partial charge in [0.25, 0.3) is 0 Å². The van der Waals surface area contributed by atoms with Gasteiger partial charge in [0.05, 0.1) is 0 Å². The average Bonchev–Trinajstić information content (AvgIpc) is 2.10. The van der Waals surface area contributed by atoms with Crippen molar-refractivity contribution in [3.05, 3.63) is 22.6 Å². The van der Waals surface area contributed by atoms with E-state index in [1.807, 2.05) is 6.92 Å². The average molecular weight is 263 g/mol. The highest BCUT2D eigenvalue weighted by atomic mass is 79.9. The van der Waals surface area contributed by atoms with Crippen molar-refractivity contribution in [3.63, 3.8) is 0 Å². The first-order chi connectivity index (χ1) is 6.63. The largest absolute Gasteiger partial charge is 0.396 e. The highest BCUT2D eigenvalue weighted by Crippen LogP contribution is 2.16. The van der Waals surface area contributed by atoms with E-state index in [1.54, 1.807) is 0 Å². The molecule has 0 amide bonds. The van der Waals surface area contributed by atoms with Crippen molar-refractivity contribution < 1.29 is 9.50 Å². The fourth-order valence-electron chi connectivity index (χ4n) is 1.02. The summed E-state index contributed by atoms with van der Waals surface area (Å²) in [5.74, 6) is -0.182. The first-order valence-corrected chi connectivity index (χ1v) is 5.11. The molecule has 2 N–H and O–H groups in total. The van der Waals surface area contributed by atoms with Crippen LogP contribution in [-0.4, -0.2) is 22.7 Å². The molecule has 0 bridgehead atoms. The van der Waals surface area contributed by atoms with Crippen molar-refractivity contribution >= 4 is 21.7 Å². The number of hydrogen-bond acceptors (Lipinski definition) is 3. The molecule has 0 aliphatic rings. The third-order valence-corrected chi connectivity index (χ3v) is 2.19. The Morgan fingerprint density at radius 2 is 2.43 bits per heavy atom. The summed E-state index contributed by atoms with van der Waals surface area (Å²) in [6, 6.07) is 1.35. The van der Waals surface area contributed by atoms with Crippen LogP contribution in [0.15, 0.2) is 16.7 Å². The molecule has 0 radical (unpaired) electrons. The fraction of sp³-hybridized carbons (Fsp3) is 0.444. The summed E-state index contributed by atoms with van der Waals surface area (Å²) in [6.45, 7) is 1.94. The van der Waals surface area contributed by atoms with Crippen molar-refractivity contribution in [2.24, 2.45) is 0 Å². The maximum Gasteiger partial charge on any atom is 0.166 e. The molecule has 0 saturated heterocycles. The number of halogens is 2. The predicted octanol–water partition coefficient (Wildman–Crippen LogP) is 2.17. The predicted molar refractivity (Wildman–Crippen MR) is 56.7 cm³/mol. The zero-order valence-corrected chi connectivity index (χ0v) is 9.38. The van der Waals surface area contributed by atoms with Crippen LogP contribution in [0, 0.1) is 5.82 Å². The smallest absolute Gasteiger partial charge is 0.166 e. The lowest BCUT2D eigenvalue weighted by molar-refractivity contribution is 0.282. The van der Waals surface area contributed by atoms with Gasteiger partial charge in [0.1, 0.15) is 0 Å². The Labute approximate surface area is 90.5 Å². The minimum atomic E-state index is -0.399. The van der Waals surface area contributed by atoms with E-state index in [9.17, 15) is 4.39 Å². The molecule has 0 fully saturated rings. The Morgan fingerprint density at radius 1 is 1.71 bits per heavy atom. The summed E-state index contributed by atoms with van der Waals surface area (Å²) in [5.41, 5.74) is 0. The second-order valence-corrected chi connectivity index (χ2v) is 3.96. The highest BCUT2D eigenvalue weighted by Gasteiger charge is 2.07. The first kappa shape index (κ1) is 11.4. The molecule has 0 unspecified atom stereocenters. The van der Waals surface area contributed by atoms with Crippen LogP contribution in [0.5, 0.6) is 0 Å². The van der Waals surface area contributed by atoms with Gasteiger partial charge in [-0.1, -0.05) is 0 Å². The van der Waals surface area contributed by atoms with Gasteiger partial charge in [-0.3, -0.25) is 0 Å². The maximum absolute atomic E-state index is 13.2. The molecule has 0 spiro atoms. The lowest BCUT2D eigenvalue weighted by atomic mass is 10.2. The standard InChI is InChI=1S/C9H12BrFN2O/c1-6(2-3-14)13-9-8(11)4-7(10)5-12-9/h4-6,14H,2-3H2,1H3,(H,12,13)/t6-/m1/s1. The lowest BCUT2D eigenvalue weighted by Crippen LogP contribution is -2.18. The molecule has 0 aliphatic heterocycles. The Hall–Kier alpha value is -0.680. The third-order valence-electron chi connectivity index (χ3n) is 1.75.